The van der Waals surface area contributed by atoms with Gasteiger partial charge in [0.1, 0.15) is 11.9 Å². The lowest BCUT2D eigenvalue weighted by atomic mass is 9.99. The standard InChI is InChI=1S/C14H16FNO3/c1-9(10-5-2-3-6-11(10)15)13(17)16-8-4-7-12(16)14(18)19/h2-3,5-6,9,12H,4,7-8H2,1H3,(H,18,19). The second-order valence-corrected chi connectivity index (χ2v) is 4.77. The number of carboxylic acids is 1. The first kappa shape index (κ1) is 13.5. The second-order valence-electron chi connectivity index (χ2n) is 4.77. The molecular weight excluding hydrogens is 249 g/mol. The summed E-state index contributed by atoms with van der Waals surface area (Å²) in [5, 5.41) is 9.07. The van der Waals surface area contributed by atoms with Gasteiger partial charge < -0.3 is 10.0 Å². The van der Waals surface area contributed by atoms with Crippen LogP contribution in [0, 0.1) is 5.82 Å². The fourth-order valence-corrected chi connectivity index (χ4v) is 2.50. The van der Waals surface area contributed by atoms with Crippen molar-refractivity contribution in [2.75, 3.05) is 6.54 Å². The summed E-state index contributed by atoms with van der Waals surface area (Å²) in [4.78, 5) is 24.7. The Morgan fingerprint density at radius 3 is 2.74 bits per heavy atom. The van der Waals surface area contributed by atoms with Crippen molar-refractivity contribution in [3.8, 4) is 0 Å². The van der Waals surface area contributed by atoms with Crippen LogP contribution < -0.4 is 0 Å². The van der Waals surface area contributed by atoms with E-state index in [1.54, 1.807) is 25.1 Å². The van der Waals surface area contributed by atoms with Gasteiger partial charge >= 0.3 is 5.97 Å². The summed E-state index contributed by atoms with van der Waals surface area (Å²) in [5.41, 5.74) is 0.309. The van der Waals surface area contributed by atoms with Crippen LogP contribution in [0.2, 0.25) is 0 Å². The molecule has 0 spiro atoms. The molecule has 5 heteroatoms. The molecule has 1 aliphatic rings. The van der Waals surface area contributed by atoms with Crippen LogP contribution in [0.1, 0.15) is 31.2 Å². The van der Waals surface area contributed by atoms with E-state index in [9.17, 15) is 14.0 Å². The highest BCUT2D eigenvalue weighted by molar-refractivity contribution is 5.88. The molecule has 19 heavy (non-hydrogen) atoms. The van der Waals surface area contributed by atoms with Crippen molar-refractivity contribution >= 4 is 11.9 Å². The topological polar surface area (TPSA) is 57.6 Å². The van der Waals surface area contributed by atoms with Gasteiger partial charge in [0, 0.05) is 6.54 Å². The molecule has 0 bridgehead atoms. The number of halogens is 1. The van der Waals surface area contributed by atoms with E-state index in [0.717, 1.165) is 0 Å². The Bertz CT molecular complexity index is 503. The quantitative estimate of drug-likeness (QED) is 0.909. The minimum Gasteiger partial charge on any atom is -0.480 e. The number of carbonyl (C=O) groups excluding carboxylic acids is 1. The second kappa shape index (κ2) is 5.38. The molecule has 1 aromatic rings. The van der Waals surface area contributed by atoms with Crippen LogP contribution in [0.4, 0.5) is 4.39 Å². The smallest absolute Gasteiger partial charge is 0.326 e. The fourth-order valence-electron chi connectivity index (χ4n) is 2.50. The number of carbonyl (C=O) groups is 2. The Hall–Kier alpha value is -1.91. The van der Waals surface area contributed by atoms with Crippen molar-refractivity contribution in [2.24, 2.45) is 0 Å². The number of aliphatic carboxylic acids is 1. The molecule has 1 heterocycles. The lowest BCUT2D eigenvalue weighted by Gasteiger charge is -2.25. The summed E-state index contributed by atoms with van der Waals surface area (Å²) in [7, 11) is 0. The summed E-state index contributed by atoms with van der Waals surface area (Å²) < 4.78 is 13.7. The minimum atomic E-state index is -0.994. The number of carboxylic acid groups (broad SMARTS) is 1. The Balaban J connectivity index is 2.20. The van der Waals surface area contributed by atoms with Crippen LogP contribution in [-0.2, 0) is 9.59 Å². The fraction of sp³-hybridized carbons (Fsp3) is 0.429. The molecule has 2 unspecified atom stereocenters. The van der Waals surface area contributed by atoms with E-state index in [0.29, 0.717) is 24.9 Å². The number of hydrogen-bond acceptors (Lipinski definition) is 2. The molecule has 2 atom stereocenters. The first-order chi connectivity index (χ1) is 9.02. The molecule has 0 saturated carbocycles. The Morgan fingerprint density at radius 1 is 1.42 bits per heavy atom. The molecule has 1 aromatic carbocycles. The number of hydrogen-bond donors (Lipinski definition) is 1. The predicted octanol–water partition coefficient (Wildman–Crippen LogP) is 2.00. The van der Waals surface area contributed by atoms with Gasteiger partial charge in [0.05, 0.1) is 5.92 Å². The number of rotatable bonds is 3. The zero-order valence-electron chi connectivity index (χ0n) is 10.7. The van der Waals surface area contributed by atoms with Gasteiger partial charge in [-0.05, 0) is 31.4 Å². The van der Waals surface area contributed by atoms with Gasteiger partial charge in [-0.1, -0.05) is 18.2 Å². The van der Waals surface area contributed by atoms with Gasteiger partial charge in [-0.3, -0.25) is 4.79 Å². The zero-order valence-corrected chi connectivity index (χ0v) is 10.7. The average molecular weight is 265 g/mol. The van der Waals surface area contributed by atoms with Crippen molar-refractivity contribution in [3.05, 3.63) is 35.6 Å². The Labute approximate surface area is 110 Å². The summed E-state index contributed by atoms with van der Waals surface area (Å²) in [6.45, 7) is 2.03. The van der Waals surface area contributed by atoms with E-state index in [4.69, 9.17) is 5.11 Å². The Kier molecular flexibility index (Phi) is 3.83. The van der Waals surface area contributed by atoms with E-state index < -0.39 is 23.7 Å². The predicted molar refractivity (Wildman–Crippen MR) is 67.2 cm³/mol. The molecule has 0 aromatic heterocycles. The molecule has 4 nitrogen and oxygen atoms in total. The van der Waals surface area contributed by atoms with Crippen molar-refractivity contribution < 1.29 is 19.1 Å². The van der Waals surface area contributed by atoms with Gasteiger partial charge in [0.2, 0.25) is 5.91 Å². The van der Waals surface area contributed by atoms with Crippen LogP contribution in [-0.4, -0.2) is 34.5 Å². The molecule has 1 fully saturated rings. The van der Waals surface area contributed by atoms with Crippen LogP contribution in [0.25, 0.3) is 0 Å². The number of likely N-dealkylation sites (tertiary alicyclic amines) is 1. The summed E-state index contributed by atoms with van der Waals surface area (Å²) in [6.07, 6.45) is 1.14. The molecule has 1 amide bonds. The molecule has 2 rings (SSSR count). The van der Waals surface area contributed by atoms with Gasteiger partial charge in [0.25, 0.3) is 0 Å². The van der Waals surface area contributed by atoms with Crippen molar-refractivity contribution in [1.82, 2.24) is 4.90 Å². The maximum atomic E-state index is 13.7. The van der Waals surface area contributed by atoms with Crippen molar-refractivity contribution in [2.45, 2.75) is 31.7 Å². The van der Waals surface area contributed by atoms with Crippen LogP contribution in [0.15, 0.2) is 24.3 Å². The summed E-state index contributed by atoms with van der Waals surface area (Å²) in [5.74, 6) is -2.42. The maximum absolute atomic E-state index is 13.7. The monoisotopic (exact) mass is 265 g/mol. The SMILES string of the molecule is CC(C(=O)N1CCCC1C(=O)O)c1ccccc1F. The summed E-state index contributed by atoms with van der Waals surface area (Å²) in [6, 6.07) is 5.32. The largest absolute Gasteiger partial charge is 0.480 e. The molecule has 0 aliphatic carbocycles. The van der Waals surface area contributed by atoms with E-state index in [1.165, 1.54) is 11.0 Å². The zero-order chi connectivity index (χ0) is 14.0. The van der Waals surface area contributed by atoms with E-state index in [2.05, 4.69) is 0 Å². The van der Waals surface area contributed by atoms with Crippen molar-refractivity contribution in [3.63, 3.8) is 0 Å². The van der Waals surface area contributed by atoms with Crippen molar-refractivity contribution in [1.29, 1.82) is 0 Å². The number of amides is 1. The first-order valence-corrected chi connectivity index (χ1v) is 6.30. The van der Waals surface area contributed by atoms with Crippen LogP contribution in [0.3, 0.4) is 0 Å². The average Bonchev–Trinajstić information content (AvgIpc) is 2.87. The first-order valence-electron chi connectivity index (χ1n) is 6.30. The number of nitrogens with zero attached hydrogens (tertiary/aromatic N) is 1. The summed E-state index contributed by atoms with van der Waals surface area (Å²) >= 11 is 0. The minimum absolute atomic E-state index is 0.309. The van der Waals surface area contributed by atoms with E-state index >= 15 is 0 Å². The third kappa shape index (κ3) is 2.59. The highest BCUT2D eigenvalue weighted by Crippen LogP contribution is 2.26. The normalized spacial score (nSPS) is 20.3. The third-order valence-corrected chi connectivity index (χ3v) is 3.56. The third-order valence-electron chi connectivity index (χ3n) is 3.56. The molecular formula is C14H16FNO3. The highest BCUT2D eigenvalue weighted by Gasteiger charge is 2.36. The van der Waals surface area contributed by atoms with E-state index in [-0.39, 0.29) is 5.91 Å². The molecule has 102 valence electrons. The lowest BCUT2D eigenvalue weighted by molar-refractivity contribution is -0.148. The Morgan fingerprint density at radius 2 is 2.11 bits per heavy atom. The van der Waals surface area contributed by atoms with Gasteiger partial charge in [-0.25, -0.2) is 9.18 Å². The maximum Gasteiger partial charge on any atom is 0.326 e. The molecule has 1 aliphatic heterocycles. The molecule has 0 radical (unpaired) electrons. The molecule has 1 N–H and O–H groups in total. The van der Waals surface area contributed by atoms with Crippen LogP contribution in [0.5, 0.6) is 0 Å². The molecule has 1 saturated heterocycles. The van der Waals surface area contributed by atoms with Crippen LogP contribution >= 0.6 is 0 Å². The van der Waals surface area contributed by atoms with Gasteiger partial charge in [-0.2, -0.15) is 0 Å². The van der Waals surface area contributed by atoms with Gasteiger partial charge in [0.15, 0.2) is 0 Å². The van der Waals surface area contributed by atoms with E-state index in [1.807, 2.05) is 0 Å². The number of benzene rings is 1. The highest BCUT2D eigenvalue weighted by atomic mass is 19.1. The lowest BCUT2D eigenvalue weighted by Crippen LogP contribution is -2.42. The van der Waals surface area contributed by atoms with Gasteiger partial charge in [-0.15, -0.1) is 0 Å².